The molecule has 3 aliphatic carbocycles. The predicted octanol–water partition coefficient (Wildman–Crippen LogP) is 2.98. The molecule has 8 nitrogen and oxygen atoms in total. The van der Waals surface area contributed by atoms with Crippen LogP contribution in [-0.2, 0) is 27.2 Å². The Morgan fingerprint density at radius 3 is 2.42 bits per heavy atom. The molecular weight excluding hydrogens is 491 g/mol. The summed E-state index contributed by atoms with van der Waals surface area (Å²) in [5.41, 5.74) is 2.46. The normalized spacial score (nSPS) is 27.2. The first-order valence-electron chi connectivity index (χ1n) is 13.1. The molecule has 206 valence electrons. The van der Waals surface area contributed by atoms with Crippen molar-refractivity contribution in [2.24, 2.45) is 23.0 Å². The second kappa shape index (κ2) is 9.61. The van der Waals surface area contributed by atoms with Gasteiger partial charge in [-0.15, -0.1) is 0 Å². The number of phenolic OH excluding ortho intramolecular Hbond substituents is 1. The molecule has 0 saturated heterocycles. The van der Waals surface area contributed by atoms with Crippen LogP contribution in [0.25, 0.3) is 5.76 Å². The lowest BCUT2D eigenvalue weighted by atomic mass is 9.57. The molecule has 5 N–H and O–H groups in total. The van der Waals surface area contributed by atoms with E-state index in [0.29, 0.717) is 18.4 Å². The van der Waals surface area contributed by atoms with E-state index in [1.54, 1.807) is 19.0 Å². The fourth-order valence-corrected chi connectivity index (χ4v) is 6.30. The van der Waals surface area contributed by atoms with E-state index in [1.165, 1.54) is 12.1 Å². The number of likely N-dealkylation sites (N-methyl/N-ethyl adjacent to an activating group) is 1. The van der Waals surface area contributed by atoms with Crippen LogP contribution in [0.15, 0.2) is 23.3 Å². The number of fused-ring (bicyclic) bond motifs is 3. The SMILES string of the molecule is CN(C)[C@@H]1C=C(C(N)=O)C(=O)[C@@]2(O)C(=O)C3=C(O)c4c(O)c(CCCCC(C)(C)C)cc(F)c4C[C@H]3C[C@@H]12. The zero-order valence-electron chi connectivity index (χ0n) is 22.6. The predicted molar refractivity (Wildman–Crippen MR) is 140 cm³/mol. The van der Waals surface area contributed by atoms with E-state index in [1.807, 2.05) is 0 Å². The summed E-state index contributed by atoms with van der Waals surface area (Å²) < 4.78 is 15.4. The first-order valence-corrected chi connectivity index (χ1v) is 13.1. The molecule has 0 bridgehead atoms. The van der Waals surface area contributed by atoms with Crippen molar-refractivity contribution in [2.75, 3.05) is 14.1 Å². The molecule has 3 aliphatic rings. The van der Waals surface area contributed by atoms with Gasteiger partial charge in [-0.05, 0) is 69.2 Å². The Morgan fingerprint density at radius 1 is 1.18 bits per heavy atom. The minimum Gasteiger partial charge on any atom is -0.507 e. The van der Waals surface area contributed by atoms with E-state index in [0.717, 1.165) is 12.8 Å². The average molecular weight is 529 g/mol. The third-order valence-corrected chi connectivity index (χ3v) is 8.27. The number of rotatable bonds is 6. The fourth-order valence-electron chi connectivity index (χ4n) is 6.30. The summed E-state index contributed by atoms with van der Waals surface area (Å²) in [6, 6.07) is 0.613. The summed E-state index contributed by atoms with van der Waals surface area (Å²) in [6.07, 6.45) is 4.36. The number of primary amides is 1. The maximum Gasteiger partial charge on any atom is 0.252 e. The number of aliphatic hydroxyl groups is 2. The number of aryl methyl sites for hydroxylation is 1. The Hall–Kier alpha value is -3.04. The van der Waals surface area contributed by atoms with E-state index >= 15 is 4.39 Å². The first kappa shape index (κ1) is 28.0. The first-order chi connectivity index (χ1) is 17.6. The average Bonchev–Trinajstić information content (AvgIpc) is 2.80. The van der Waals surface area contributed by atoms with Gasteiger partial charge in [-0.1, -0.05) is 33.3 Å². The van der Waals surface area contributed by atoms with Crippen molar-refractivity contribution in [3.05, 3.63) is 45.8 Å². The van der Waals surface area contributed by atoms with Crippen LogP contribution in [0.4, 0.5) is 4.39 Å². The molecule has 9 heteroatoms. The Morgan fingerprint density at radius 2 is 1.84 bits per heavy atom. The highest BCUT2D eigenvalue weighted by Gasteiger charge is 2.63. The highest BCUT2D eigenvalue weighted by molar-refractivity contribution is 6.32. The Balaban J connectivity index is 1.77. The van der Waals surface area contributed by atoms with Crippen LogP contribution >= 0.6 is 0 Å². The molecule has 1 saturated carbocycles. The number of hydrogen-bond donors (Lipinski definition) is 4. The van der Waals surface area contributed by atoms with Gasteiger partial charge in [-0.3, -0.25) is 14.4 Å². The van der Waals surface area contributed by atoms with Crippen molar-refractivity contribution in [2.45, 2.75) is 70.9 Å². The molecule has 4 rings (SSSR count). The maximum atomic E-state index is 15.4. The number of unbranched alkanes of at least 4 members (excludes halogenated alkanes) is 1. The van der Waals surface area contributed by atoms with Gasteiger partial charge in [0.1, 0.15) is 17.3 Å². The van der Waals surface area contributed by atoms with Crippen molar-refractivity contribution in [3.63, 3.8) is 0 Å². The van der Waals surface area contributed by atoms with Gasteiger partial charge < -0.3 is 26.0 Å². The van der Waals surface area contributed by atoms with Crippen LogP contribution in [-0.4, -0.2) is 63.4 Å². The summed E-state index contributed by atoms with van der Waals surface area (Å²) in [4.78, 5) is 40.7. The lowest BCUT2D eigenvalue weighted by Crippen LogP contribution is -2.66. The Kier molecular flexibility index (Phi) is 7.08. The molecule has 0 unspecified atom stereocenters. The van der Waals surface area contributed by atoms with Gasteiger partial charge in [0.05, 0.1) is 11.1 Å². The molecule has 1 fully saturated rings. The van der Waals surface area contributed by atoms with Crippen molar-refractivity contribution in [1.29, 1.82) is 0 Å². The zero-order chi connectivity index (χ0) is 28.3. The van der Waals surface area contributed by atoms with Crippen molar-refractivity contribution < 1.29 is 34.1 Å². The maximum absolute atomic E-state index is 15.4. The van der Waals surface area contributed by atoms with Gasteiger partial charge in [-0.25, -0.2) is 4.39 Å². The lowest BCUT2D eigenvalue weighted by molar-refractivity contribution is -0.160. The number of hydrogen-bond acceptors (Lipinski definition) is 7. The number of nitrogens with zero attached hydrogens (tertiary/aromatic N) is 1. The number of aliphatic hydroxyl groups excluding tert-OH is 1. The minimum atomic E-state index is -2.62. The Bertz CT molecular complexity index is 1270. The number of aromatic hydroxyl groups is 1. The molecule has 1 aromatic carbocycles. The number of Topliss-reactive ketones (excluding diaryl/α,β-unsaturated/α-hetero) is 2. The smallest absolute Gasteiger partial charge is 0.252 e. The van der Waals surface area contributed by atoms with Gasteiger partial charge in [0.2, 0.25) is 11.6 Å². The summed E-state index contributed by atoms with van der Waals surface area (Å²) in [5.74, 6) is -6.36. The molecule has 1 amide bonds. The molecule has 0 heterocycles. The van der Waals surface area contributed by atoms with E-state index < -0.39 is 58.1 Å². The summed E-state index contributed by atoms with van der Waals surface area (Å²) in [6.45, 7) is 6.38. The number of ketones is 2. The number of nitrogens with two attached hydrogens (primary N) is 1. The summed E-state index contributed by atoms with van der Waals surface area (Å²) in [7, 11) is 3.36. The third kappa shape index (κ3) is 4.45. The fraction of sp³-hybridized carbons (Fsp3) is 0.552. The third-order valence-electron chi connectivity index (χ3n) is 8.27. The number of benzene rings is 1. The quantitative estimate of drug-likeness (QED) is 0.253. The molecule has 0 radical (unpaired) electrons. The molecule has 0 spiro atoms. The number of amides is 1. The lowest BCUT2D eigenvalue weighted by Gasteiger charge is -2.49. The van der Waals surface area contributed by atoms with Crippen LogP contribution in [0.2, 0.25) is 0 Å². The zero-order valence-corrected chi connectivity index (χ0v) is 22.6. The summed E-state index contributed by atoms with van der Waals surface area (Å²) >= 11 is 0. The molecule has 1 aromatic rings. The highest BCUT2D eigenvalue weighted by atomic mass is 19.1. The summed E-state index contributed by atoms with van der Waals surface area (Å²) in [5, 5.41) is 33.9. The largest absolute Gasteiger partial charge is 0.507 e. The number of phenols is 1. The van der Waals surface area contributed by atoms with E-state index in [4.69, 9.17) is 5.73 Å². The van der Waals surface area contributed by atoms with E-state index in [2.05, 4.69) is 20.8 Å². The molecule has 4 atom stereocenters. The van der Waals surface area contributed by atoms with Gasteiger partial charge in [0.15, 0.2) is 5.60 Å². The second-order valence-electron chi connectivity index (χ2n) is 12.3. The van der Waals surface area contributed by atoms with Crippen molar-refractivity contribution in [1.82, 2.24) is 4.90 Å². The number of carbonyl (C=O) groups excluding carboxylic acids is 3. The second-order valence-corrected chi connectivity index (χ2v) is 12.3. The van der Waals surface area contributed by atoms with Crippen LogP contribution in [0.3, 0.4) is 0 Å². The molecule has 38 heavy (non-hydrogen) atoms. The van der Waals surface area contributed by atoms with Crippen LogP contribution in [0.1, 0.15) is 63.1 Å². The molecule has 0 aromatic heterocycles. The monoisotopic (exact) mass is 528 g/mol. The van der Waals surface area contributed by atoms with Gasteiger partial charge in [-0.2, -0.15) is 0 Å². The van der Waals surface area contributed by atoms with Crippen molar-refractivity contribution >= 4 is 23.2 Å². The minimum absolute atomic E-state index is 0.0114. The van der Waals surface area contributed by atoms with Gasteiger partial charge >= 0.3 is 0 Å². The van der Waals surface area contributed by atoms with Crippen LogP contribution in [0, 0.1) is 23.1 Å². The number of halogens is 1. The van der Waals surface area contributed by atoms with Gasteiger partial charge in [0, 0.05) is 23.1 Å². The molecule has 0 aliphatic heterocycles. The topological polar surface area (TPSA) is 141 Å². The standard InChI is InChI=1S/C29H37FN2O6/c1-28(2,3)9-7-6-8-14-12-19(30)16-10-15-11-18-20(32(4)5)13-17(27(31)37)25(35)29(18,38)26(36)21(15)24(34)22(16)23(14)33/h12-13,15,18,20,33-34,38H,6-11H2,1-5H3,(H2,31,37)/t15-,18-,20+,29+/m0/s1. The number of carbonyl (C=O) groups is 3. The van der Waals surface area contributed by atoms with Crippen LogP contribution < -0.4 is 5.73 Å². The molecular formula is C29H37FN2O6. The van der Waals surface area contributed by atoms with Crippen molar-refractivity contribution in [3.8, 4) is 5.75 Å². The van der Waals surface area contributed by atoms with Crippen LogP contribution in [0.5, 0.6) is 5.75 Å². The van der Waals surface area contributed by atoms with E-state index in [-0.39, 0.29) is 40.7 Å². The van der Waals surface area contributed by atoms with Gasteiger partial charge in [0.25, 0.3) is 5.91 Å². The Labute approximate surface area is 222 Å². The van der Waals surface area contributed by atoms with E-state index in [9.17, 15) is 29.7 Å². The highest BCUT2D eigenvalue weighted by Crippen LogP contribution is 2.51.